The van der Waals surface area contributed by atoms with Gasteiger partial charge in [-0.05, 0) is 18.1 Å². The average Bonchev–Trinajstić information content (AvgIpc) is 2.44. The van der Waals surface area contributed by atoms with Crippen molar-refractivity contribution in [3.8, 4) is 6.07 Å². The van der Waals surface area contributed by atoms with E-state index in [1.54, 1.807) is 6.07 Å². The van der Waals surface area contributed by atoms with Crippen LogP contribution < -0.4 is 10.6 Å². The number of hydrogen-bond acceptors (Lipinski definition) is 5. The zero-order valence-corrected chi connectivity index (χ0v) is 12.0. The molecule has 112 valence electrons. The van der Waals surface area contributed by atoms with Crippen LogP contribution >= 0.6 is 0 Å². The summed E-state index contributed by atoms with van der Waals surface area (Å²) in [5.74, 6) is 0.341. The van der Waals surface area contributed by atoms with Crippen molar-refractivity contribution in [2.45, 2.75) is 20.3 Å². The number of nitro benzene ring substituents is 1. The Balaban J connectivity index is 2.51. The Morgan fingerprint density at radius 3 is 2.76 bits per heavy atom. The predicted octanol–water partition coefficient (Wildman–Crippen LogP) is 2.04. The minimum Gasteiger partial charge on any atom is -0.384 e. The lowest BCUT2D eigenvalue weighted by molar-refractivity contribution is -0.385. The van der Waals surface area contributed by atoms with Gasteiger partial charge in [-0.2, -0.15) is 5.26 Å². The Bertz CT molecular complexity index is 564. The van der Waals surface area contributed by atoms with Crippen LogP contribution in [0.4, 0.5) is 11.4 Å². The van der Waals surface area contributed by atoms with E-state index in [0.717, 1.165) is 0 Å². The number of benzene rings is 1. The number of nitriles is 1. The summed E-state index contributed by atoms with van der Waals surface area (Å²) >= 11 is 0. The van der Waals surface area contributed by atoms with Gasteiger partial charge in [0, 0.05) is 31.3 Å². The second kappa shape index (κ2) is 7.85. The first-order valence-corrected chi connectivity index (χ1v) is 6.63. The van der Waals surface area contributed by atoms with Gasteiger partial charge in [0.05, 0.1) is 4.92 Å². The molecule has 0 fully saturated rings. The Morgan fingerprint density at radius 2 is 2.19 bits per heavy atom. The van der Waals surface area contributed by atoms with Crippen LogP contribution in [0, 0.1) is 27.4 Å². The minimum absolute atomic E-state index is 0.00532. The number of carbonyl (C=O) groups excluding carboxylic acids is 1. The summed E-state index contributed by atoms with van der Waals surface area (Å²) in [7, 11) is 0. The van der Waals surface area contributed by atoms with Gasteiger partial charge in [0.1, 0.15) is 11.6 Å². The monoisotopic (exact) mass is 290 g/mol. The van der Waals surface area contributed by atoms with Gasteiger partial charge < -0.3 is 10.6 Å². The van der Waals surface area contributed by atoms with Crippen LogP contribution in [-0.4, -0.2) is 23.9 Å². The van der Waals surface area contributed by atoms with Crippen LogP contribution in [0.25, 0.3) is 0 Å². The van der Waals surface area contributed by atoms with E-state index in [9.17, 15) is 14.9 Å². The lowest BCUT2D eigenvalue weighted by Crippen LogP contribution is -2.28. The van der Waals surface area contributed by atoms with Crippen molar-refractivity contribution < 1.29 is 9.72 Å². The molecule has 0 bridgehead atoms. The molecule has 0 atom stereocenters. The number of nitrogens with zero attached hydrogens (tertiary/aromatic N) is 2. The minimum atomic E-state index is -0.596. The Morgan fingerprint density at radius 1 is 1.48 bits per heavy atom. The first-order valence-electron chi connectivity index (χ1n) is 6.63. The fourth-order valence-electron chi connectivity index (χ4n) is 1.62. The second-order valence-electron chi connectivity index (χ2n) is 4.98. The lowest BCUT2D eigenvalue weighted by atomic mass is 10.1. The molecule has 1 amide bonds. The number of nitro groups is 1. The van der Waals surface area contributed by atoms with Crippen molar-refractivity contribution in [2.24, 2.45) is 5.92 Å². The van der Waals surface area contributed by atoms with Crippen LogP contribution in [0.5, 0.6) is 0 Å². The van der Waals surface area contributed by atoms with Gasteiger partial charge >= 0.3 is 0 Å². The fourth-order valence-corrected chi connectivity index (χ4v) is 1.62. The molecule has 0 saturated heterocycles. The van der Waals surface area contributed by atoms with E-state index in [2.05, 4.69) is 10.6 Å². The molecular formula is C14H18N4O3. The van der Waals surface area contributed by atoms with Crippen molar-refractivity contribution in [2.75, 3.05) is 18.4 Å². The molecule has 2 N–H and O–H groups in total. The molecule has 0 aliphatic heterocycles. The van der Waals surface area contributed by atoms with Crippen LogP contribution in [0.3, 0.4) is 0 Å². The van der Waals surface area contributed by atoms with Crippen molar-refractivity contribution >= 4 is 17.3 Å². The molecule has 7 heteroatoms. The molecule has 0 heterocycles. The van der Waals surface area contributed by atoms with Gasteiger partial charge in [-0.3, -0.25) is 14.9 Å². The molecule has 0 aliphatic carbocycles. The number of rotatable bonds is 7. The summed E-state index contributed by atoms with van der Waals surface area (Å²) in [5.41, 5.74) is 0.348. The van der Waals surface area contributed by atoms with Crippen molar-refractivity contribution in [3.05, 3.63) is 33.9 Å². The van der Waals surface area contributed by atoms with Gasteiger partial charge in [-0.15, -0.1) is 0 Å². The Hall–Kier alpha value is -2.62. The molecule has 21 heavy (non-hydrogen) atoms. The maximum atomic E-state index is 11.5. The number of amides is 1. The van der Waals surface area contributed by atoms with E-state index in [4.69, 9.17) is 5.26 Å². The number of nitrogens with one attached hydrogen (secondary N) is 2. The average molecular weight is 290 g/mol. The van der Waals surface area contributed by atoms with Crippen LogP contribution in [0.15, 0.2) is 18.2 Å². The summed E-state index contributed by atoms with van der Waals surface area (Å²) in [6.07, 6.45) is 0.297. The van der Waals surface area contributed by atoms with E-state index in [-0.39, 0.29) is 17.2 Å². The van der Waals surface area contributed by atoms with Crippen molar-refractivity contribution in [1.29, 1.82) is 5.26 Å². The highest BCUT2D eigenvalue weighted by Crippen LogP contribution is 2.21. The molecule has 0 saturated carbocycles. The predicted molar refractivity (Wildman–Crippen MR) is 78.8 cm³/mol. The maximum Gasteiger partial charge on any atom is 0.287 e. The van der Waals surface area contributed by atoms with Gasteiger partial charge in [0.25, 0.3) is 5.69 Å². The Labute approximate surface area is 123 Å². The zero-order chi connectivity index (χ0) is 15.8. The van der Waals surface area contributed by atoms with Gasteiger partial charge in [0.2, 0.25) is 5.91 Å². The summed E-state index contributed by atoms with van der Waals surface area (Å²) in [6.45, 7) is 5.05. The maximum absolute atomic E-state index is 11.5. The number of carbonyl (C=O) groups is 1. The van der Waals surface area contributed by atoms with E-state index in [0.29, 0.717) is 31.1 Å². The van der Waals surface area contributed by atoms with E-state index in [1.165, 1.54) is 18.2 Å². The highest BCUT2D eigenvalue weighted by Gasteiger charge is 2.13. The summed E-state index contributed by atoms with van der Waals surface area (Å²) in [5, 5.41) is 25.3. The van der Waals surface area contributed by atoms with Crippen LogP contribution in [-0.2, 0) is 4.79 Å². The highest BCUT2D eigenvalue weighted by molar-refractivity contribution is 5.76. The van der Waals surface area contributed by atoms with Crippen molar-refractivity contribution in [3.63, 3.8) is 0 Å². The smallest absolute Gasteiger partial charge is 0.287 e. The fraction of sp³-hybridized carbons (Fsp3) is 0.429. The first-order chi connectivity index (χ1) is 9.93. The third-order valence-corrected chi connectivity index (χ3v) is 2.70. The topological polar surface area (TPSA) is 108 Å². The molecule has 0 spiro atoms. The molecular weight excluding hydrogens is 272 g/mol. The van der Waals surface area contributed by atoms with Crippen LogP contribution in [0.2, 0.25) is 0 Å². The molecule has 1 rings (SSSR count). The van der Waals surface area contributed by atoms with Crippen molar-refractivity contribution in [1.82, 2.24) is 5.32 Å². The molecule has 0 unspecified atom stereocenters. The third-order valence-electron chi connectivity index (χ3n) is 2.70. The van der Waals surface area contributed by atoms with Gasteiger partial charge in [-0.1, -0.05) is 13.8 Å². The van der Waals surface area contributed by atoms with Gasteiger partial charge in [-0.25, -0.2) is 0 Å². The quantitative estimate of drug-likeness (QED) is 0.590. The van der Waals surface area contributed by atoms with E-state index >= 15 is 0 Å². The standard InChI is InChI=1S/C14H18N4O3/c1-10(2)9-17-14(19)5-6-16-12-3-4-13(18(20)21)11(7-12)8-15/h3-4,7,10,16H,5-6,9H2,1-2H3,(H,17,19). The normalized spacial score (nSPS) is 10.0. The lowest BCUT2D eigenvalue weighted by Gasteiger charge is -2.09. The number of hydrogen-bond donors (Lipinski definition) is 2. The molecule has 0 aromatic heterocycles. The molecule has 0 aliphatic rings. The molecule has 0 radical (unpaired) electrons. The van der Waals surface area contributed by atoms with Crippen LogP contribution in [0.1, 0.15) is 25.8 Å². The molecule has 1 aromatic rings. The van der Waals surface area contributed by atoms with E-state index < -0.39 is 4.92 Å². The SMILES string of the molecule is CC(C)CNC(=O)CCNc1ccc([N+](=O)[O-])c(C#N)c1. The third kappa shape index (κ3) is 5.48. The summed E-state index contributed by atoms with van der Waals surface area (Å²) in [6, 6.07) is 5.99. The Kier molecular flexibility index (Phi) is 6.14. The molecule has 7 nitrogen and oxygen atoms in total. The second-order valence-corrected chi connectivity index (χ2v) is 4.98. The summed E-state index contributed by atoms with van der Waals surface area (Å²) in [4.78, 5) is 21.6. The van der Waals surface area contributed by atoms with Gasteiger partial charge in [0.15, 0.2) is 0 Å². The first kappa shape index (κ1) is 16.4. The summed E-state index contributed by atoms with van der Waals surface area (Å²) < 4.78 is 0. The molecule has 1 aromatic carbocycles. The van der Waals surface area contributed by atoms with E-state index in [1.807, 2.05) is 13.8 Å². The largest absolute Gasteiger partial charge is 0.384 e. The number of anilines is 1. The zero-order valence-electron chi connectivity index (χ0n) is 12.0. The highest BCUT2D eigenvalue weighted by atomic mass is 16.6.